The zero-order valence-electron chi connectivity index (χ0n) is 14.0. The smallest absolute Gasteiger partial charge is 0.330 e. The minimum absolute atomic E-state index is 0.556. The number of hydrogen-bond donors (Lipinski definition) is 0. The summed E-state index contributed by atoms with van der Waals surface area (Å²) in [6, 6.07) is 5.97. The monoisotopic (exact) mass is 309 g/mol. The Morgan fingerprint density at radius 2 is 1.61 bits per heavy atom. The number of allylic oxidation sites excluding steroid dienone is 4. The van der Waals surface area contributed by atoms with Crippen molar-refractivity contribution >= 4 is 5.97 Å². The molecule has 0 aromatic heterocycles. The van der Waals surface area contributed by atoms with Crippen LogP contribution in [0.25, 0.3) is 0 Å². The standard InChI is InChI=1S/C18H19N3O2/c1-11(2)14-12-6-7-13(14)18(10-21,17(12,8-19)9-20)15(22)23-16(3,4)5/h6-7,12-13H,1-5H3/t12-,13+,18?/m1/s1. The lowest BCUT2D eigenvalue weighted by Crippen LogP contribution is -2.50. The van der Waals surface area contributed by atoms with Gasteiger partial charge in [-0.15, -0.1) is 0 Å². The molecule has 2 rings (SSSR count). The lowest BCUT2D eigenvalue weighted by molar-refractivity contribution is -0.168. The molecule has 0 aliphatic heterocycles. The van der Waals surface area contributed by atoms with Crippen LogP contribution in [0.4, 0.5) is 0 Å². The van der Waals surface area contributed by atoms with Crippen molar-refractivity contribution in [2.75, 3.05) is 0 Å². The quantitative estimate of drug-likeness (QED) is 0.547. The van der Waals surface area contributed by atoms with Crippen LogP contribution < -0.4 is 0 Å². The highest BCUT2D eigenvalue weighted by Crippen LogP contribution is 2.66. The van der Waals surface area contributed by atoms with Crippen LogP contribution in [0, 0.1) is 56.7 Å². The van der Waals surface area contributed by atoms with Gasteiger partial charge in [-0.1, -0.05) is 23.3 Å². The molecule has 5 nitrogen and oxygen atoms in total. The molecule has 3 atom stereocenters. The summed E-state index contributed by atoms with van der Waals surface area (Å²) in [5.41, 5.74) is -2.69. The van der Waals surface area contributed by atoms with E-state index in [1.807, 2.05) is 32.1 Å². The van der Waals surface area contributed by atoms with Gasteiger partial charge in [-0.2, -0.15) is 15.8 Å². The average molecular weight is 309 g/mol. The normalized spacial score (nSPS) is 30.3. The van der Waals surface area contributed by atoms with Gasteiger partial charge >= 0.3 is 5.97 Å². The Balaban J connectivity index is 2.77. The molecule has 1 saturated carbocycles. The van der Waals surface area contributed by atoms with Gasteiger partial charge < -0.3 is 4.74 Å². The van der Waals surface area contributed by atoms with Gasteiger partial charge in [-0.25, -0.2) is 0 Å². The molecule has 0 saturated heterocycles. The first-order chi connectivity index (χ1) is 10.6. The fourth-order valence-corrected chi connectivity index (χ4v) is 3.68. The van der Waals surface area contributed by atoms with E-state index in [2.05, 4.69) is 0 Å². The van der Waals surface area contributed by atoms with Gasteiger partial charge in [0.1, 0.15) is 5.60 Å². The highest BCUT2D eigenvalue weighted by atomic mass is 16.6. The van der Waals surface area contributed by atoms with E-state index in [0.29, 0.717) is 0 Å². The molecule has 0 amide bonds. The third kappa shape index (κ3) is 1.92. The minimum atomic E-state index is -1.84. The fourth-order valence-electron chi connectivity index (χ4n) is 3.68. The Morgan fingerprint density at radius 1 is 1.09 bits per heavy atom. The molecule has 5 heteroatoms. The van der Waals surface area contributed by atoms with Gasteiger partial charge in [0, 0.05) is 11.8 Å². The Labute approximate surface area is 136 Å². The lowest BCUT2D eigenvalue weighted by Gasteiger charge is -2.36. The third-order valence-corrected chi connectivity index (χ3v) is 4.55. The molecule has 1 unspecified atom stereocenters. The molecule has 23 heavy (non-hydrogen) atoms. The molecule has 2 bridgehead atoms. The molecule has 1 fully saturated rings. The Kier molecular flexibility index (Phi) is 3.63. The van der Waals surface area contributed by atoms with E-state index < -0.39 is 34.2 Å². The first-order valence-corrected chi connectivity index (χ1v) is 7.44. The van der Waals surface area contributed by atoms with E-state index in [1.165, 1.54) is 0 Å². The molecule has 0 aromatic rings. The maximum absolute atomic E-state index is 12.9. The molecule has 0 aromatic carbocycles. The van der Waals surface area contributed by atoms with Gasteiger partial charge in [0.2, 0.25) is 0 Å². The van der Waals surface area contributed by atoms with E-state index in [4.69, 9.17) is 4.74 Å². The number of nitriles is 3. The van der Waals surface area contributed by atoms with Crippen molar-refractivity contribution in [1.29, 1.82) is 15.8 Å². The molecule has 0 heterocycles. The number of fused-ring (bicyclic) bond motifs is 2. The van der Waals surface area contributed by atoms with Crippen LogP contribution in [0.1, 0.15) is 34.6 Å². The van der Waals surface area contributed by atoms with E-state index in [0.717, 1.165) is 11.1 Å². The summed E-state index contributed by atoms with van der Waals surface area (Å²) >= 11 is 0. The predicted molar refractivity (Wildman–Crippen MR) is 82.0 cm³/mol. The second-order valence-corrected chi connectivity index (χ2v) is 7.25. The first kappa shape index (κ1) is 16.8. The van der Waals surface area contributed by atoms with Crippen LogP contribution in [-0.2, 0) is 9.53 Å². The highest BCUT2D eigenvalue weighted by Gasteiger charge is 2.75. The second kappa shape index (κ2) is 4.97. The average Bonchev–Trinajstić information content (AvgIpc) is 2.98. The van der Waals surface area contributed by atoms with Crippen LogP contribution in [-0.4, -0.2) is 11.6 Å². The summed E-state index contributed by atoms with van der Waals surface area (Å²) in [6.45, 7) is 8.82. The first-order valence-electron chi connectivity index (χ1n) is 7.44. The van der Waals surface area contributed by atoms with Gasteiger partial charge in [0.05, 0.1) is 18.2 Å². The van der Waals surface area contributed by atoms with Crippen molar-refractivity contribution in [3.63, 3.8) is 0 Å². The van der Waals surface area contributed by atoms with Crippen LogP contribution in [0.2, 0.25) is 0 Å². The molecule has 2 aliphatic rings. The Bertz CT molecular complexity index is 731. The predicted octanol–water partition coefficient (Wildman–Crippen LogP) is 3.02. The van der Waals surface area contributed by atoms with E-state index >= 15 is 0 Å². The summed E-state index contributed by atoms with van der Waals surface area (Å²) in [6.07, 6.45) is 3.52. The van der Waals surface area contributed by atoms with Crippen LogP contribution in [0.15, 0.2) is 23.3 Å². The third-order valence-electron chi connectivity index (χ3n) is 4.55. The van der Waals surface area contributed by atoms with Gasteiger partial charge in [-0.05, 0) is 34.6 Å². The minimum Gasteiger partial charge on any atom is -0.459 e. The maximum Gasteiger partial charge on any atom is 0.330 e. The van der Waals surface area contributed by atoms with Crippen molar-refractivity contribution < 1.29 is 9.53 Å². The van der Waals surface area contributed by atoms with Crippen LogP contribution in [0.5, 0.6) is 0 Å². The van der Waals surface area contributed by atoms with Gasteiger partial charge in [0.25, 0.3) is 0 Å². The van der Waals surface area contributed by atoms with E-state index in [1.54, 1.807) is 32.9 Å². The summed E-state index contributed by atoms with van der Waals surface area (Å²) in [7, 11) is 0. The van der Waals surface area contributed by atoms with Crippen LogP contribution >= 0.6 is 0 Å². The number of hydrogen-bond acceptors (Lipinski definition) is 5. The van der Waals surface area contributed by atoms with Crippen molar-refractivity contribution in [1.82, 2.24) is 0 Å². The zero-order chi connectivity index (χ0) is 17.6. The summed E-state index contributed by atoms with van der Waals surface area (Å²) in [5.74, 6) is -1.96. The number of carbonyl (C=O) groups excluding carboxylic acids is 1. The lowest BCUT2D eigenvalue weighted by atomic mass is 9.59. The summed E-state index contributed by atoms with van der Waals surface area (Å²) in [4.78, 5) is 12.9. The number of carbonyl (C=O) groups is 1. The molecule has 0 spiro atoms. The molecular weight excluding hydrogens is 290 g/mol. The van der Waals surface area contributed by atoms with Gasteiger partial charge in [0.15, 0.2) is 10.8 Å². The number of nitrogens with zero attached hydrogens (tertiary/aromatic N) is 3. The van der Waals surface area contributed by atoms with Crippen LogP contribution in [0.3, 0.4) is 0 Å². The second-order valence-electron chi connectivity index (χ2n) is 7.25. The number of esters is 1. The number of ether oxygens (including phenoxy) is 1. The van der Waals surface area contributed by atoms with E-state index in [-0.39, 0.29) is 0 Å². The molecular formula is C18H19N3O2. The van der Waals surface area contributed by atoms with Crippen molar-refractivity contribution in [2.45, 2.75) is 40.2 Å². The van der Waals surface area contributed by atoms with Crippen molar-refractivity contribution in [3.05, 3.63) is 23.3 Å². The number of rotatable bonds is 1. The molecule has 0 radical (unpaired) electrons. The van der Waals surface area contributed by atoms with E-state index in [9.17, 15) is 20.6 Å². The largest absolute Gasteiger partial charge is 0.459 e. The molecule has 0 N–H and O–H groups in total. The molecule has 2 aliphatic carbocycles. The highest BCUT2D eigenvalue weighted by molar-refractivity contribution is 5.87. The van der Waals surface area contributed by atoms with Crippen molar-refractivity contribution in [3.8, 4) is 18.2 Å². The SMILES string of the molecule is CC(C)=C1[C@H]2C=C[C@@H]1C(C#N)(C(=O)OC(C)(C)C)C2(C#N)C#N. The molecule has 118 valence electrons. The Morgan fingerprint density at radius 3 is 2.00 bits per heavy atom. The fraction of sp³-hybridized carbons (Fsp3) is 0.556. The Hall–Kier alpha value is -2.58. The summed E-state index contributed by atoms with van der Waals surface area (Å²) in [5, 5.41) is 29.4. The van der Waals surface area contributed by atoms with Gasteiger partial charge in [-0.3, -0.25) is 4.79 Å². The maximum atomic E-state index is 12.9. The summed E-state index contributed by atoms with van der Waals surface area (Å²) < 4.78 is 5.44. The van der Waals surface area contributed by atoms with Crippen molar-refractivity contribution in [2.24, 2.45) is 22.7 Å². The zero-order valence-corrected chi connectivity index (χ0v) is 14.0. The topological polar surface area (TPSA) is 97.7 Å².